The Kier molecular flexibility index (Phi) is 12.0. The molecule has 0 heterocycles. The van der Waals surface area contributed by atoms with E-state index in [0.717, 1.165) is 11.8 Å². The van der Waals surface area contributed by atoms with Crippen LogP contribution in [0.3, 0.4) is 0 Å². The molecule has 7 heteroatoms. The predicted molar refractivity (Wildman–Crippen MR) is 67.2 cm³/mol. The van der Waals surface area contributed by atoms with Gasteiger partial charge in [-0.25, -0.2) is 0 Å². The van der Waals surface area contributed by atoms with Crippen molar-refractivity contribution in [1.82, 2.24) is 0 Å². The fourth-order valence-corrected chi connectivity index (χ4v) is 5.44. The van der Waals surface area contributed by atoms with E-state index >= 15 is 0 Å². The van der Waals surface area contributed by atoms with Crippen molar-refractivity contribution in [3.8, 4) is 0 Å². The van der Waals surface area contributed by atoms with Gasteiger partial charge in [0, 0.05) is 20.0 Å². The van der Waals surface area contributed by atoms with Crippen molar-refractivity contribution in [2.24, 2.45) is 0 Å². The summed E-state index contributed by atoms with van der Waals surface area (Å²) in [5.41, 5.74) is 0. The van der Waals surface area contributed by atoms with Gasteiger partial charge in [-0.2, -0.15) is 0 Å². The Morgan fingerprint density at radius 3 is 2.50 bits per heavy atom. The molecule has 0 aliphatic rings. The van der Waals surface area contributed by atoms with Crippen LogP contribution in [0.5, 0.6) is 0 Å². The third-order valence-corrected chi connectivity index (χ3v) is 7.84. The molecule has 74 valence electrons. The Morgan fingerprint density at radius 1 is 1.33 bits per heavy atom. The van der Waals surface area contributed by atoms with Gasteiger partial charge in [-0.15, -0.1) is 0 Å². The Morgan fingerprint density at radius 2 is 2.00 bits per heavy atom. The van der Waals surface area contributed by atoms with Crippen molar-refractivity contribution in [2.75, 3.05) is 20.0 Å². The van der Waals surface area contributed by atoms with Crippen LogP contribution in [0, 0.1) is 0 Å². The summed E-state index contributed by atoms with van der Waals surface area (Å²) in [5.74, 6) is 1.15. The summed E-state index contributed by atoms with van der Waals surface area (Å²) in [4.78, 5) is 0. The molecule has 0 N–H and O–H groups in total. The molecule has 0 rings (SSSR count). The van der Waals surface area contributed by atoms with E-state index in [0.29, 0.717) is 0 Å². The number of thiol groups is 1. The zero-order valence-electron chi connectivity index (χ0n) is 7.19. The Labute approximate surface area is 92.4 Å². The topological polar surface area (TPSA) is 18.5 Å². The summed E-state index contributed by atoms with van der Waals surface area (Å²) in [6.07, 6.45) is 1.17. The molecular weight excluding hydrogens is 248 g/mol. The number of hydrogen-bond acceptors (Lipinski definition) is 6. The van der Waals surface area contributed by atoms with Gasteiger partial charge < -0.3 is 8.85 Å². The first-order chi connectivity index (χ1) is 5.85. The molecule has 0 aliphatic carbocycles. The average molecular weight is 263 g/mol. The van der Waals surface area contributed by atoms with E-state index in [1.165, 1.54) is 16.2 Å². The van der Waals surface area contributed by atoms with Crippen LogP contribution in [0.15, 0.2) is 0 Å². The van der Waals surface area contributed by atoms with Gasteiger partial charge in [0.1, 0.15) is 0 Å². The molecule has 0 aromatic carbocycles. The third-order valence-electron chi connectivity index (χ3n) is 1.27. The van der Waals surface area contributed by atoms with Crippen molar-refractivity contribution >= 4 is 51.4 Å². The van der Waals surface area contributed by atoms with E-state index in [4.69, 9.17) is 8.85 Å². The van der Waals surface area contributed by atoms with Crippen LogP contribution < -0.4 is 0 Å². The largest absolute Gasteiger partial charge is 0.400 e. The van der Waals surface area contributed by atoms with E-state index in [9.17, 15) is 0 Å². The second-order valence-electron chi connectivity index (χ2n) is 2.01. The highest BCUT2D eigenvalue weighted by Crippen LogP contribution is 2.37. The predicted octanol–water partition coefficient (Wildman–Crippen LogP) is 2.76. The van der Waals surface area contributed by atoms with E-state index in [1.807, 2.05) is 10.8 Å². The van der Waals surface area contributed by atoms with Crippen LogP contribution in [-0.4, -0.2) is 29.3 Å². The Hall–Kier alpha value is 1.54. The van der Waals surface area contributed by atoms with Gasteiger partial charge in [0.05, 0.1) is 0 Å². The summed E-state index contributed by atoms with van der Waals surface area (Å²) >= 11 is 4.02. The van der Waals surface area contributed by atoms with E-state index in [-0.39, 0.29) is 0 Å². The zero-order chi connectivity index (χ0) is 9.23. The zero-order valence-corrected chi connectivity index (χ0v) is 11.7. The summed E-state index contributed by atoms with van der Waals surface area (Å²) in [6.45, 7) is 0. The van der Waals surface area contributed by atoms with Crippen LogP contribution in [0.25, 0.3) is 0 Å². The molecule has 0 aromatic rings. The second-order valence-corrected chi connectivity index (χ2v) is 9.45. The van der Waals surface area contributed by atoms with E-state index in [1.54, 1.807) is 24.0 Å². The highest BCUT2D eigenvalue weighted by Gasteiger charge is 2.07. The van der Waals surface area contributed by atoms with Crippen molar-refractivity contribution in [3.63, 3.8) is 0 Å². The minimum absolute atomic E-state index is 1.10. The maximum atomic E-state index is 5.19. The quantitative estimate of drug-likeness (QED) is 0.313. The monoisotopic (exact) mass is 262 g/mol. The van der Waals surface area contributed by atoms with Gasteiger partial charge in [-0.05, 0) is 32.1 Å². The lowest BCUT2D eigenvalue weighted by Crippen LogP contribution is -2.18. The van der Waals surface area contributed by atoms with E-state index in [2.05, 4.69) is 11.7 Å². The lowest BCUT2D eigenvalue weighted by Gasteiger charge is -2.09. The van der Waals surface area contributed by atoms with Crippen molar-refractivity contribution in [2.45, 2.75) is 12.5 Å². The third kappa shape index (κ3) is 8.15. The van der Waals surface area contributed by atoms with Crippen LogP contribution in [-0.2, 0) is 8.85 Å². The minimum atomic E-state index is -1.29. The molecule has 2 nitrogen and oxygen atoms in total. The molecule has 0 radical (unpaired) electrons. The van der Waals surface area contributed by atoms with Crippen LogP contribution in [0.4, 0.5) is 0 Å². The molecule has 0 atom stereocenters. The lowest BCUT2D eigenvalue weighted by molar-refractivity contribution is 0.277. The Bertz CT molecular complexity index is 93.5. The first-order valence-electron chi connectivity index (χ1n) is 3.50. The fraction of sp³-hybridized carbons (Fsp3) is 1.00. The lowest BCUT2D eigenvalue weighted by atomic mass is 10.6. The molecule has 0 aliphatic heterocycles. The number of rotatable bonds is 8. The molecule has 0 aromatic heterocycles. The molecule has 0 spiro atoms. The van der Waals surface area contributed by atoms with Gasteiger partial charge in [0.25, 0.3) is 0 Å². The van der Waals surface area contributed by atoms with Crippen LogP contribution in [0.2, 0.25) is 6.04 Å². The molecular formula is C5H14O2S4Si. The maximum Gasteiger partial charge on any atom is 0.320 e. The summed E-state index contributed by atoms with van der Waals surface area (Å²) in [5, 5.41) is 0. The standard InChI is InChI=1S/C5H14O2S4Si/c1-6-12(7-2)5-3-4-9-11-10-8/h8,12H,3-5H2,1-2H3. The summed E-state index contributed by atoms with van der Waals surface area (Å²) < 4.78 is 10.4. The summed E-state index contributed by atoms with van der Waals surface area (Å²) in [6, 6.07) is 1.10. The van der Waals surface area contributed by atoms with Gasteiger partial charge in [0.15, 0.2) is 0 Å². The van der Waals surface area contributed by atoms with Crippen LogP contribution in [0.1, 0.15) is 6.42 Å². The first kappa shape index (κ1) is 13.5. The smallest absolute Gasteiger partial charge is 0.320 e. The Balaban J connectivity index is 3.06. The number of hydrogen-bond donors (Lipinski definition) is 1. The van der Waals surface area contributed by atoms with Crippen molar-refractivity contribution < 1.29 is 8.85 Å². The molecule has 0 unspecified atom stereocenters. The van der Waals surface area contributed by atoms with Gasteiger partial charge in [0.2, 0.25) is 0 Å². The molecule has 0 saturated carbocycles. The van der Waals surface area contributed by atoms with Gasteiger partial charge >= 0.3 is 9.28 Å². The minimum Gasteiger partial charge on any atom is -0.400 e. The molecule has 0 saturated heterocycles. The maximum absolute atomic E-state index is 5.19. The second kappa shape index (κ2) is 10.6. The highest BCUT2D eigenvalue weighted by molar-refractivity contribution is 9.23. The highest BCUT2D eigenvalue weighted by atomic mass is 33.7. The molecule has 0 fully saturated rings. The average Bonchev–Trinajstić information content (AvgIpc) is 2.11. The van der Waals surface area contributed by atoms with E-state index < -0.39 is 9.28 Å². The first-order valence-corrected chi connectivity index (χ1v) is 9.96. The summed E-state index contributed by atoms with van der Waals surface area (Å²) in [7, 11) is 7.20. The molecule has 0 amide bonds. The molecule has 0 bridgehead atoms. The normalized spacial score (nSPS) is 11.0. The van der Waals surface area contributed by atoms with Crippen LogP contribution >= 0.6 is 42.1 Å². The van der Waals surface area contributed by atoms with Gasteiger partial charge in [-0.1, -0.05) is 22.5 Å². The van der Waals surface area contributed by atoms with Crippen molar-refractivity contribution in [3.05, 3.63) is 0 Å². The fourth-order valence-electron chi connectivity index (χ4n) is 0.696. The SMILES string of the molecule is CO[SiH](CCCSSSS)OC. The molecule has 12 heavy (non-hydrogen) atoms. The van der Waals surface area contributed by atoms with Crippen molar-refractivity contribution in [1.29, 1.82) is 0 Å². The van der Waals surface area contributed by atoms with Gasteiger partial charge in [-0.3, -0.25) is 0 Å².